The number of hydrogen-bond donors (Lipinski definition) is 1. The molecule has 2 aromatic rings. The fourth-order valence-corrected chi connectivity index (χ4v) is 1.56. The van der Waals surface area contributed by atoms with E-state index in [2.05, 4.69) is 0 Å². The number of benzene rings is 1. The van der Waals surface area contributed by atoms with Crippen molar-refractivity contribution in [1.82, 2.24) is 0 Å². The average molecular weight is 191 g/mol. The molecule has 1 unspecified atom stereocenters. The Morgan fingerprint density at radius 2 is 2.21 bits per heavy atom. The highest BCUT2D eigenvalue weighted by Gasteiger charge is 2.12. The zero-order chi connectivity index (χ0) is 10.1. The van der Waals surface area contributed by atoms with E-state index < -0.39 is 0 Å². The first-order valence-corrected chi connectivity index (χ1v) is 4.53. The normalized spacial score (nSPS) is 13.1. The molecule has 0 fully saturated rings. The summed E-state index contributed by atoms with van der Waals surface area (Å²) in [6, 6.07) is 5.77. The minimum absolute atomic E-state index is 0.0247. The molecule has 1 aromatic heterocycles. The Morgan fingerprint density at radius 3 is 2.86 bits per heavy atom. The van der Waals surface area contributed by atoms with E-state index in [9.17, 15) is 0 Å². The van der Waals surface area contributed by atoms with Gasteiger partial charge in [-0.3, -0.25) is 0 Å². The molecule has 0 saturated heterocycles. The van der Waals surface area contributed by atoms with Crippen LogP contribution in [-0.4, -0.2) is 7.11 Å². The molecule has 0 radical (unpaired) electrons. The third-order valence-electron chi connectivity index (χ3n) is 2.30. The first kappa shape index (κ1) is 9.09. The average Bonchev–Trinajstić information content (AvgIpc) is 2.60. The van der Waals surface area contributed by atoms with Crippen LogP contribution in [0.4, 0.5) is 0 Å². The van der Waals surface area contributed by atoms with Gasteiger partial charge in [0.2, 0.25) is 0 Å². The summed E-state index contributed by atoms with van der Waals surface area (Å²) in [5, 5.41) is 1.03. The Labute approximate surface area is 82.5 Å². The van der Waals surface area contributed by atoms with Crippen LogP contribution in [0.1, 0.15) is 18.5 Å². The van der Waals surface area contributed by atoms with Crippen LogP contribution >= 0.6 is 0 Å². The summed E-state index contributed by atoms with van der Waals surface area (Å²) in [6.07, 6.45) is 1.69. The van der Waals surface area contributed by atoms with Gasteiger partial charge in [0.25, 0.3) is 0 Å². The molecular weight excluding hydrogens is 178 g/mol. The van der Waals surface area contributed by atoms with Gasteiger partial charge < -0.3 is 14.9 Å². The number of methoxy groups -OCH3 is 1. The first-order chi connectivity index (χ1) is 6.74. The highest BCUT2D eigenvalue weighted by Crippen LogP contribution is 2.31. The summed E-state index contributed by atoms with van der Waals surface area (Å²) >= 11 is 0. The van der Waals surface area contributed by atoms with Crippen LogP contribution in [-0.2, 0) is 0 Å². The molecule has 0 amide bonds. The van der Waals surface area contributed by atoms with Crippen molar-refractivity contribution in [3.63, 3.8) is 0 Å². The van der Waals surface area contributed by atoms with Crippen molar-refractivity contribution in [2.24, 2.45) is 5.73 Å². The van der Waals surface area contributed by atoms with Gasteiger partial charge in [0.05, 0.1) is 13.4 Å². The quantitative estimate of drug-likeness (QED) is 0.793. The lowest BCUT2D eigenvalue weighted by Crippen LogP contribution is -2.03. The summed E-state index contributed by atoms with van der Waals surface area (Å²) in [6.45, 7) is 1.93. The molecule has 2 rings (SSSR count). The van der Waals surface area contributed by atoms with Crippen molar-refractivity contribution in [2.75, 3.05) is 7.11 Å². The minimum Gasteiger partial charge on any atom is -0.493 e. The Kier molecular flexibility index (Phi) is 2.17. The number of furan rings is 1. The zero-order valence-corrected chi connectivity index (χ0v) is 8.28. The Hall–Kier alpha value is -1.48. The van der Waals surface area contributed by atoms with E-state index in [1.54, 1.807) is 13.4 Å². The van der Waals surface area contributed by atoms with Crippen LogP contribution in [0, 0.1) is 0 Å². The topological polar surface area (TPSA) is 48.4 Å². The van der Waals surface area contributed by atoms with Crippen LogP contribution in [0.25, 0.3) is 11.0 Å². The van der Waals surface area contributed by atoms with E-state index >= 15 is 0 Å². The monoisotopic (exact) mass is 191 g/mol. The van der Waals surface area contributed by atoms with Gasteiger partial charge in [-0.25, -0.2) is 0 Å². The third-order valence-corrected chi connectivity index (χ3v) is 2.30. The molecule has 0 saturated carbocycles. The van der Waals surface area contributed by atoms with Gasteiger partial charge in [0, 0.05) is 17.0 Å². The zero-order valence-electron chi connectivity index (χ0n) is 8.28. The number of para-hydroxylation sites is 1. The van der Waals surface area contributed by atoms with Gasteiger partial charge in [-0.05, 0) is 13.0 Å². The van der Waals surface area contributed by atoms with Gasteiger partial charge in [0.15, 0.2) is 11.3 Å². The number of hydrogen-bond acceptors (Lipinski definition) is 3. The number of rotatable bonds is 2. The van der Waals surface area contributed by atoms with Crippen LogP contribution in [0.3, 0.4) is 0 Å². The summed E-state index contributed by atoms with van der Waals surface area (Å²) in [4.78, 5) is 0. The summed E-state index contributed by atoms with van der Waals surface area (Å²) in [5.74, 6) is 0.745. The van der Waals surface area contributed by atoms with Crippen molar-refractivity contribution in [1.29, 1.82) is 0 Å². The van der Waals surface area contributed by atoms with E-state index in [0.29, 0.717) is 0 Å². The maximum absolute atomic E-state index is 5.81. The Morgan fingerprint density at radius 1 is 1.43 bits per heavy atom. The molecule has 1 heterocycles. The fourth-order valence-electron chi connectivity index (χ4n) is 1.56. The fraction of sp³-hybridized carbons (Fsp3) is 0.273. The second kappa shape index (κ2) is 3.35. The molecular formula is C11H13NO2. The van der Waals surface area contributed by atoms with Crippen molar-refractivity contribution in [3.8, 4) is 5.75 Å². The van der Waals surface area contributed by atoms with E-state index in [0.717, 1.165) is 22.3 Å². The smallest absolute Gasteiger partial charge is 0.176 e. The second-order valence-electron chi connectivity index (χ2n) is 3.32. The SMILES string of the molecule is COc1cccc2c(C(C)N)coc12. The molecule has 0 bridgehead atoms. The van der Waals surface area contributed by atoms with Crippen LogP contribution < -0.4 is 10.5 Å². The largest absolute Gasteiger partial charge is 0.493 e. The van der Waals surface area contributed by atoms with Crippen molar-refractivity contribution < 1.29 is 9.15 Å². The third kappa shape index (κ3) is 1.26. The maximum Gasteiger partial charge on any atom is 0.176 e. The van der Waals surface area contributed by atoms with Gasteiger partial charge in [-0.1, -0.05) is 12.1 Å². The number of fused-ring (bicyclic) bond motifs is 1. The van der Waals surface area contributed by atoms with Crippen LogP contribution in [0.15, 0.2) is 28.9 Å². The Balaban J connectivity index is 2.69. The minimum atomic E-state index is -0.0247. The molecule has 0 aliphatic carbocycles. The molecule has 1 aromatic carbocycles. The standard InChI is InChI=1S/C11H13NO2/c1-7(12)9-6-14-11-8(9)4-3-5-10(11)13-2/h3-7H,12H2,1-2H3. The van der Waals surface area contributed by atoms with E-state index in [1.165, 1.54) is 0 Å². The van der Waals surface area contributed by atoms with Crippen molar-refractivity contribution in [3.05, 3.63) is 30.0 Å². The highest BCUT2D eigenvalue weighted by molar-refractivity contribution is 5.86. The lowest BCUT2D eigenvalue weighted by atomic mass is 10.1. The van der Waals surface area contributed by atoms with Gasteiger partial charge in [-0.2, -0.15) is 0 Å². The number of nitrogens with two attached hydrogens (primary N) is 1. The maximum atomic E-state index is 5.81. The lowest BCUT2D eigenvalue weighted by Gasteiger charge is -2.02. The van der Waals surface area contributed by atoms with E-state index in [1.807, 2.05) is 25.1 Å². The molecule has 14 heavy (non-hydrogen) atoms. The predicted molar refractivity (Wildman–Crippen MR) is 55.4 cm³/mol. The van der Waals surface area contributed by atoms with Crippen molar-refractivity contribution >= 4 is 11.0 Å². The predicted octanol–water partition coefficient (Wildman–Crippen LogP) is 2.46. The van der Waals surface area contributed by atoms with E-state index in [-0.39, 0.29) is 6.04 Å². The summed E-state index contributed by atoms with van der Waals surface area (Å²) in [7, 11) is 1.63. The van der Waals surface area contributed by atoms with Crippen molar-refractivity contribution in [2.45, 2.75) is 13.0 Å². The molecule has 3 heteroatoms. The van der Waals surface area contributed by atoms with Gasteiger partial charge in [-0.15, -0.1) is 0 Å². The molecule has 2 N–H and O–H groups in total. The van der Waals surface area contributed by atoms with Gasteiger partial charge in [0.1, 0.15) is 0 Å². The summed E-state index contributed by atoms with van der Waals surface area (Å²) in [5.41, 5.74) is 7.59. The molecule has 0 spiro atoms. The molecule has 0 aliphatic heterocycles. The van der Waals surface area contributed by atoms with Crippen LogP contribution in [0.5, 0.6) is 5.75 Å². The molecule has 0 aliphatic rings. The molecule has 3 nitrogen and oxygen atoms in total. The summed E-state index contributed by atoms with van der Waals surface area (Å²) < 4.78 is 10.6. The number of ether oxygens (including phenoxy) is 1. The first-order valence-electron chi connectivity index (χ1n) is 4.53. The Bertz CT molecular complexity index is 445. The highest BCUT2D eigenvalue weighted by atomic mass is 16.5. The molecule has 1 atom stereocenters. The molecule has 74 valence electrons. The second-order valence-corrected chi connectivity index (χ2v) is 3.32. The van der Waals surface area contributed by atoms with E-state index in [4.69, 9.17) is 14.9 Å². The van der Waals surface area contributed by atoms with Gasteiger partial charge >= 0.3 is 0 Å². The van der Waals surface area contributed by atoms with Crippen LogP contribution in [0.2, 0.25) is 0 Å². The lowest BCUT2D eigenvalue weighted by molar-refractivity contribution is 0.410.